The van der Waals surface area contributed by atoms with Gasteiger partial charge in [-0.3, -0.25) is 9.36 Å². The first-order valence-corrected chi connectivity index (χ1v) is 14.3. The summed E-state index contributed by atoms with van der Waals surface area (Å²) in [5.74, 6) is -0.365. The number of benzene rings is 1. The van der Waals surface area contributed by atoms with Crippen LogP contribution in [0.5, 0.6) is 5.75 Å². The van der Waals surface area contributed by atoms with Gasteiger partial charge in [0.25, 0.3) is 5.56 Å². The number of nitrogens with zero attached hydrogens (tertiary/aromatic N) is 3. The molecule has 0 bridgehead atoms. The fraction of sp³-hybridized carbons (Fsp3) is 0.448. The number of methoxy groups -OCH3 is 1. The summed E-state index contributed by atoms with van der Waals surface area (Å²) in [6.45, 7) is 6.43. The van der Waals surface area contributed by atoms with Crippen molar-refractivity contribution in [3.8, 4) is 16.5 Å². The molecule has 0 radical (unpaired) electrons. The maximum absolute atomic E-state index is 14.1. The Labute approximate surface area is 251 Å². The molecule has 42 heavy (non-hydrogen) atoms. The average molecular weight is 617 g/mol. The minimum absolute atomic E-state index is 0. The van der Waals surface area contributed by atoms with Gasteiger partial charge >= 0.3 is 11.7 Å². The van der Waals surface area contributed by atoms with Gasteiger partial charge in [-0.05, 0) is 45.2 Å². The van der Waals surface area contributed by atoms with Crippen LogP contribution in [0.1, 0.15) is 43.9 Å². The van der Waals surface area contributed by atoms with Gasteiger partial charge in [0.2, 0.25) is 5.89 Å². The van der Waals surface area contributed by atoms with Crippen molar-refractivity contribution in [3.63, 3.8) is 0 Å². The summed E-state index contributed by atoms with van der Waals surface area (Å²) >= 11 is 1.21. The first kappa shape index (κ1) is 30.0. The molecule has 1 unspecified atom stereocenters. The van der Waals surface area contributed by atoms with Crippen molar-refractivity contribution in [1.29, 1.82) is 0 Å². The van der Waals surface area contributed by atoms with Crippen molar-refractivity contribution in [2.45, 2.75) is 57.9 Å². The van der Waals surface area contributed by atoms with E-state index in [1.165, 1.54) is 42.2 Å². The van der Waals surface area contributed by atoms with E-state index in [0.29, 0.717) is 26.9 Å². The third kappa shape index (κ3) is 4.76. The minimum atomic E-state index is -1.81. The molecule has 1 saturated carbocycles. The zero-order valence-electron chi connectivity index (χ0n) is 23.7. The number of hydrogen-bond donors (Lipinski definition) is 2. The fourth-order valence-electron chi connectivity index (χ4n) is 5.95. The van der Waals surface area contributed by atoms with E-state index < -0.39 is 28.9 Å². The van der Waals surface area contributed by atoms with Crippen molar-refractivity contribution in [2.75, 3.05) is 20.2 Å². The van der Waals surface area contributed by atoms with Gasteiger partial charge in [-0.2, -0.15) is 0 Å². The SMILES string of the molecule is COc1ccccc1C(Cn1c(=O)n(C(C)(C)C(=O)O)c(=O)c2c(C)c(-c3ncco3)sc21)OC1CC2(CNC2)C1.Cl. The van der Waals surface area contributed by atoms with Crippen LogP contribution in [0.2, 0.25) is 0 Å². The third-order valence-corrected chi connectivity index (χ3v) is 9.74. The van der Waals surface area contributed by atoms with Crippen molar-refractivity contribution in [1.82, 2.24) is 19.4 Å². The highest BCUT2D eigenvalue weighted by atomic mass is 35.5. The minimum Gasteiger partial charge on any atom is -0.496 e. The predicted molar refractivity (Wildman–Crippen MR) is 160 cm³/mol. The van der Waals surface area contributed by atoms with E-state index in [0.717, 1.165) is 36.1 Å². The topological polar surface area (TPSA) is 138 Å². The second kappa shape index (κ2) is 11.0. The Balaban J connectivity index is 0.00000353. The van der Waals surface area contributed by atoms with Crippen LogP contribution in [0, 0.1) is 12.3 Å². The van der Waals surface area contributed by atoms with Gasteiger partial charge in [0, 0.05) is 24.1 Å². The van der Waals surface area contributed by atoms with Crippen molar-refractivity contribution < 1.29 is 23.8 Å². The van der Waals surface area contributed by atoms with E-state index in [9.17, 15) is 19.5 Å². The van der Waals surface area contributed by atoms with Crippen molar-refractivity contribution >= 4 is 39.9 Å². The molecule has 13 heteroatoms. The fourth-order valence-corrected chi connectivity index (χ4v) is 7.19. The number of halogens is 1. The molecular weight excluding hydrogens is 584 g/mol. The highest BCUT2D eigenvalue weighted by Crippen LogP contribution is 2.48. The molecule has 2 fully saturated rings. The van der Waals surface area contributed by atoms with Crippen LogP contribution in [0.15, 0.2) is 50.7 Å². The number of oxazole rings is 1. The molecule has 3 aromatic heterocycles. The number of carboxylic acids is 1. The first-order valence-electron chi connectivity index (χ1n) is 13.5. The van der Waals surface area contributed by atoms with Crippen LogP contribution in [-0.2, 0) is 21.6 Å². The van der Waals surface area contributed by atoms with E-state index in [1.54, 1.807) is 14.0 Å². The number of thiophene rings is 1. The monoisotopic (exact) mass is 616 g/mol. The van der Waals surface area contributed by atoms with Gasteiger partial charge in [-0.25, -0.2) is 19.1 Å². The molecule has 1 aliphatic carbocycles. The normalized spacial score (nSPS) is 17.0. The molecule has 4 heterocycles. The second-order valence-electron chi connectivity index (χ2n) is 11.5. The number of carbonyl (C=O) groups is 1. The number of fused-ring (bicyclic) bond motifs is 1. The number of carboxylic acid groups (broad SMARTS) is 1. The number of hydrogen-bond acceptors (Lipinski definition) is 9. The van der Waals surface area contributed by atoms with Crippen LogP contribution < -0.4 is 21.3 Å². The van der Waals surface area contributed by atoms with E-state index in [2.05, 4.69) is 10.3 Å². The zero-order valence-corrected chi connectivity index (χ0v) is 25.3. The smallest absolute Gasteiger partial charge is 0.333 e. The standard InChI is InChI=1S/C29H32N4O7S.ClH/c1-16-21-24(34)33(28(2,3)26(35)36)27(37)32(25(21)41-22(16)23-31-9-10-39-23)13-20(18-7-5-6-8-19(18)38-4)40-17-11-29(12-17)14-30-15-29;/h5-10,17,20,30H,11-15H2,1-4H3,(H,35,36);1H. The van der Waals surface area contributed by atoms with E-state index in [4.69, 9.17) is 13.9 Å². The quantitative estimate of drug-likeness (QED) is 0.286. The summed E-state index contributed by atoms with van der Waals surface area (Å²) in [5, 5.41) is 13.6. The third-order valence-electron chi connectivity index (χ3n) is 8.43. The molecule has 1 aromatic carbocycles. The average Bonchev–Trinajstić information content (AvgIpc) is 3.54. The number of para-hydroxylation sites is 1. The molecule has 2 N–H and O–H groups in total. The zero-order chi connectivity index (χ0) is 29.1. The molecule has 1 saturated heterocycles. The number of nitrogens with one attached hydrogen (secondary N) is 1. The van der Waals surface area contributed by atoms with Gasteiger partial charge < -0.3 is 24.3 Å². The number of ether oxygens (including phenoxy) is 2. The van der Waals surface area contributed by atoms with Gasteiger partial charge in [0.1, 0.15) is 28.5 Å². The molecule has 0 amide bonds. The van der Waals surface area contributed by atoms with Crippen molar-refractivity contribution in [3.05, 3.63) is 68.7 Å². The van der Waals surface area contributed by atoms with Crippen LogP contribution >= 0.6 is 23.7 Å². The lowest BCUT2D eigenvalue weighted by Crippen LogP contribution is -2.62. The Morgan fingerprint density at radius 1 is 1.29 bits per heavy atom. The van der Waals surface area contributed by atoms with Crippen LogP contribution in [0.3, 0.4) is 0 Å². The van der Waals surface area contributed by atoms with Gasteiger partial charge in [-0.1, -0.05) is 18.2 Å². The largest absolute Gasteiger partial charge is 0.496 e. The summed E-state index contributed by atoms with van der Waals surface area (Å²) in [6, 6.07) is 7.49. The van der Waals surface area contributed by atoms with E-state index >= 15 is 0 Å². The Bertz CT molecular complexity index is 1750. The number of rotatable bonds is 9. The molecule has 6 rings (SSSR count). The molecule has 2 aliphatic rings. The lowest BCUT2D eigenvalue weighted by Gasteiger charge is -2.54. The summed E-state index contributed by atoms with van der Waals surface area (Å²) in [5.41, 5.74) is -1.61. The lowest BCUT2D eigenvalue weighted by atomic mass is 9.63. The van der Waals surface area contributed by atoms with E-state index in [1.807, 2.05) is 24.3 Å². The highest BCUT2D eigenvalue weighted by Gasteiger charge is 2.49. The molecular formula is C29H33ClN4O7S. The molecule has 1 atom stereocenters. The molecule has 11 nitrogen and oxygen atoms in total. The Morgan fingerprint density at radius 2 is 2.00 bits per heavy atom. The van der Waals surface area contributed by atoms with E-state index in [-0.39, 0.29) is 35.9 Å². The van der Waals surface area contributed by atoms with Crippen LogP contribution in [0.4, 0.5) is 0 Å². The predicted octanol–water partition coefficient (Wildman–Crippen LogP) is 3.95. The molecule has 4 aromatic rings. The second-order valence-corrected chi connectivity index (χ2v) is 12.5. The van der Waals surface area contributed by atoms with Gasteiger partial charge in [0.15, 0.2) is 0 Å². The lowest BCUT2D eigenvalue weighted by molar-refractivity contribution is -0.146. The van der Waals surface area contributed by atoms with Crippen LogP contribution in [0.25, 0.3) is 21.0 Å². The highest BCUT2D eigenvalue weighted by molar-refractivity contribution is 7.22. The first-order chi connectivity index (χ1) is 19.6. The van der Waals surface area contributed by atoms with Crippen LogP contribution in [-0.4, -0.2) is 51.5 Å². The number of aliphatic carboxylic acids is 1. The maximum atomic E-state index is 14.1. The Morgan fingerprint density at radius 3 is 2.60 bits per heavy atom. The Kier molecular flexibility index (Phi) is 7.86. The summed E-state index contributed by atoms with van der Waals surface area (Å²) in [4.78, 5) is 45.5. The molecule has 224 valence electrons. The summed E-state index contributed by atoms with van der Waals surface area (Å²) in [7, 11) is 1.58. The number of aromatic nitrogens is 3. The Hall–Kier alpha value is -3.45. The molecule has 1 spiro atoms. The van der Waals surface area contributed by atoms with Crippen molar-refractivity contribution in [2.24, 2.45) is 5.41 Å². The maximum Gasteiger partial charge on any atom is 0.333 e. The molecule has 1 aliphatic heterocycles. The van der Waals surface area contributed by atoms with Gasteiger partial charge in [0.05, 0.1) is 36.2 Å². The summed E-state index contributed by atoms with van der Waals surface area (Å²) in [6.07, 6.45) is 4.16. The number of aryl methyl sites for hydroxylation is 1. The summed E-state index contributed by atoms with van der Waals surface area (Å²) < 4.78 is 20.1. The van der Waals surface area contributed by atoms with Gasteiger partial charge in [-0.15, -0.1) is 23.7 Å².